The molecule has 0 aliphatic heterocycles. The Morgan fingerprint density at radius 3 is 2.93 bits per heavy atom. The van der Waals surface area contributed by atoms with Gasteiger partial charge in [-0.05, 0) is 0 Å². The monoisotopic (exact) mass is 236 g/mol. The number of hydrogen-bond donors (Lipinski definition) is 1. The van der Waals surface area contributed by atoms with Crippen molar-refractivity contribution in [2.24, 2.45) is 0 Å². The molecule has 1 atom stereocenters. The molecule has 14 heavy (non-hydrogen) atoms. The Balaban J connectivity index is 2.31. The summed E-state index contributed by atoms with van der Waals surface area (Å²) in [7, 11) is 3.30. The minimum Gasteiger partial charge on any atom is -0.382 e. The fourth-order valence-corrected chi connectivity index (χ4v) is 1.78. The average molecular weight is 237 g/mol. The number of nitrogens with one attached hydrogen (secondary N) is 1. The van der Waals surface area contributed by atoms with Crippen LogP contribution in [0.4, 0.5) is 5.13 Å². The number of aromatic nitrogens is 1. The molecule has 1 aromatic heterocycles. The Morgan fingerprint density at radius 2 is 2.43 bits per heavy atom. The second-order valence-corrected chi connectivity index (χ2v) is 3.91. The number of ether oxygens (including phenoxy) is 2. The van der Waals surface area contributed by atoms with E-state index in [1.54, 1.807) is 19.6 Å². The van der Waals surface area contributed by atoms with Gasteiger partial charge >= 0.3 is 0 Å². The van der Waals surface area contributed by atoms with Gasteiger partial charge in [0.05, 0.1) is 12.7 Å². The minimum atomic E-state index is 0.0303. The zero-order chi connectivity index (χ0) is 10.4. The Hall–Kier alpha value is -0.360. The van der Waals surface area contributed by atoms with E-state index in [2.05, 4.69) is 10.3 Å². The van der Waals surface area contributed by atoms with E-state index in [0.717, 1.165) is 5.13 Å². The molecule has 0 aliphatic rings. The average Bonchev–Trinajstić information content (AvgIpc) is 2.59. The predicted molar refractivity (Wildman–Crippen MR) is 58.3 cm³/mol. The number of anilines is 1. The fraction of sp³-hybridized carbons (Fsp3) is 0.625. The van der Waals surface area contributed by atoms with E-state index in [4.69, 9.17) is 21.1 Å². The van der Waals surface area contributed by atoms with E-state index in [1.165, 1.54) is 11.3 Å². The highest BCUT2D eigenvalue weighted by Gasteiger charge is 2.07. The maximum absolute atomic E-state index is 5.67. The molecule has 0 amide bonds. The highest BCUT2D eigenvalue weighted by atomic mass is 35.5. The van der Waals surface area contributed by atoms with Crippen molar-refractivity contribution in [3.63, 3.8) is 0 Å². The number of rotatable bonds is 6. The minimum absolute atomic E-state index is 0.0303. The number of hydrogen-bond acceptors (Lipinski definition) is 5. The molecule has 1 N–H and O–H groups in total. The Bertz CT molecular complexity index is 270. The lowest BCUT2D eigenvalue weighted by molar-refractivity contribution is 0.0365. The smallest absolute Gasteiger partial charge is 0.184 e. The molecule has 0 aliphatic carbocycles. The van der Waals surface area contributed by atoms with Crippen LogP contribution in [0.3, 0.4) is 0 Å². The van der Waals surface area contributed by atoms with Crippen LogP contribution in [0, 0.1) is 0 Å². The summed E-state index contributed by atoms with van der Waals surface area (Å²) in [6.07, 6.45) is 0.0303. The van der Waals surface area contributed by atoms with Gasteiger partial charge < -0.3 is 14.8 Å². The number of nitrogens with zero attached hydrogens (tertiary/aromatic N) is 1. The first-order valence-corrected chi connectivity index (χ1v) is 5.38. The van der Waals surface area contributed by atoms with Crippen LogP contribution in [0.25, 0.3) is 0 Å². The first-order chi connectivity index (χ1) is 6.76. The van der Waals surface area contributed by atoms with Gasteiger partial charge in [-0.25, -0.2) is 4.98 Å². The molecule has 0 radical (unpaired) electrons. The molecular formula is C8H13ClN2O2S. The van der Waals surface area contributed by atoms with Crippen molar-refractivity contribution in [3.8, 4) is 0 Å². The van der Waals surface area contributed by atoms with Gasteiger partial charge in [-0.3, -0.25) is 0 Å². The van der Waals surface area contributed by atoms with Gasteiger partial charge in [-0.1, -0.05) is 11.6 Å². The standard InChI is InChI=1S/C8H13ClN2O2S/c1-12-4-6(13-2)3-10-8-11-7(9)5-14-8/h5-6H,3-4H2,1-2H3,(H,10,11). The molecule has 0 saturated carbocycles. The summed E-state index contributed by atoms with van der Waals surface area (Å²) in [5.74, 6) is 0. The molecule has 1 unspecified atom stereocenters. The van der Waals surface area contributed by atoms with Crippen LogP contribution in [0.15, 0.2) is 5.38 Å². The molecule has 80 valence electrons. The highest BCUT2D eigenvalue weighted by molar-refractivity contribution is 7.14. The molecule has 0 aromatic carbocycles. The topological polar surface area (TPSA) is 43.4 Å². The number of methoxy groups -OCH3 is 2. The quantitative estimate of drug-likeness (QED) is 0.819. The van der Waals surface area contributed by atoms with Crippen LogP contribution in [-0.2, 0) is 9.47 Å². The van der Waals surface area contributed by atoms with Gasteiger partial charge in [-0.15, -0.1) is 11.3 Å². The van der Waals surface area contributed by atoms with E-state index in [0.29, 0.717) is 18.3 Å². The third kappa shape index (κ3) is 3.79. The molecule has 6 heteroatoms. The normalized spacial score (nSPS) is 12.8. The van der Waals surface area contributed by atoms with Gasteiger partial charge in [0.1, 0.15) is 5.15 Å². The van der Waals surface area contributed by atoms with E-state index in [1.807, 2.05) is 0 Å². The molecule has 0 bridgehead atoms. The maximum atomic E-state index is 5.67. The van der Waals surface area contributed by atoms with Gasteiger partial charge in [-0.2, -0.15) is 0 Å². The summed E-state index contributed by atoms with van der Waals surface area (Å²) in [5, 5.41) is 6.21. The summed E-state index contributed by atoms with van der Waals surface area (Å²) in [6.45, 7) is 1.22. The first-order valence-electron chi connectivity index (χ1n) is 4.13. The zero-order valence-electron chi connectivity index (χ0n) is 8.12. The van der Waals surface area contributed by atoms with Crippen LogP contribution in [0.5, 0.6) is 0 Å². The van der Waals surface area contributed by atoms with E-state index in [-0.39, 0.29) is 6.10 Å². The van der Waals surface area contributed by atoms with Crippen LogP contribution < -0.4 is 5.32 Å². The third-order valence-corrected chi connectivity index (χ3v) is 2.77. The molecular weight excluding hydrogens is 224 g/mol. The van der Waals surface area contributed by atoms with Gasteiger partial charge in [0, 0.05) is 26.1 Å². The molecule has 1 rings (SSSR count). The number of thiazole rings is 1. The lowest BCUT2D eigenvalue weighted by Gasteiger charge is -2.14. The number of halogens is 1. The van der Waals surface area contributed by atoms with Crippen molar-refractivity contribution < 1.29 is 9.47 Å². The highest BCUT2D eigenvalue weighted by Crippen LogP contribution is 2.18. The van der Waals surface area contributed by atoms with Crippen molar-refractivity contribution in [1.29, 1.82) is 0 Å². The largest absolute Gasteiger partial charge is 0.382 e. The SMILES string of the molecule is COCC(CNc1nc(Cl)cs1)OC. The second-order valence-electron chi connectivity index (χ2n) is 2.67. The van der Waals surface area contributed by atoms with Crippen LogP contribution in [0.1, 0.15) is 0 Å². The molecule has 0 spiro atoms. The van der Waals surface area contributed by atoms with E-state index >= 15 is 0 Å². The van der Waals surface area contributed by atoms with Crippen molar-refractivity contribution in [3.05, 3.63) is 10.5 Å². The molecule has 1 heterocycles. The predicted octanol–water partition coefficient (Wildman–Crippen LogP) is 1.87. The van der Waals surface area contributed by atoms with Gasteiger partial charge in [0.2, 0.25) is 0 Å². The fourth-order valence-electron chi connectivity index (χ4n) is 0.933. The van der Waals surface area contributed by atoms with Crippen LogP contribution in [-0.4, -0.2) is 38.5 Å². The zero-order valence-corrected chi connectivity index (χ0v) is 9.69. The van der Waals surface area contributed by atoms with Crippen LogP contribution >= 0.6 is 22.9 Å². The Labute approximate surface area is 92.2 Å². The van der Waals surface area contributed by atoms with Crippen molar-refractivity contribution >= 4 is 28.1 Å². The summed E-state index contributed by atoms with van der Waals surface area (Å²) in [6, 6.07) is 0. The van der Waals surface area contributed by atoms with E-state index in [9.17, 15) is 0 Å². The molecule has 0 fully saturated rings. The lowest BCUT2D eigenvalue weighted by atomic mass is 10.4. The van der Waals surface area contributed by atoms with Crippen molar-refractivity contribution in [1.82, 2.24) is 4.98 Å². The Morgan fingerprint density at radius 1 is 1.64 bits per heavy atom. The third-order valence-electron chi connectivity index (χ3n) is 1.64. The van der Waals surface area contributed by atoms with Gasteiger partial charge in [0.15, 0.2) is 5.13 Å². The summed E-state index contributed by atoms with van der Waals surface area (Å²) in [4.78, 5) is 4.05. The molecule has 0 saturated heterocycles. The second kappa shape index (κ2) is 6.19. The molecule has 1 aromatic rings. The van der Waals surface area contributed by atoms with Crippen molar-refractivity contribution in [2.75, 3.05) is 32.7 Å². The first kappa shape index (κ1) is 11.7. The van der Waals surface area contributed by atoms with Gasteiger partial charge in [0.25, 0.3) is 0 Å². The van der Waals surface area contributed by atoms with E-state index < -0.39 is 0 Å². The lowest BCUT2D eigenvalue weighted by Crippen LogP contribution is -2.26. The molecule has 4 nitrogen and oxygen atoms in total. The summed E-state index contributed by atoms with van der Waals surface area (Å²) >= 11 is 7.14. The van der Waals surface area contributed by atoms with Crippen LogP contribution in [0.2, 0.25) is 5.15 Å². The van der Waals surface area contributed by atoms with Crippen molar-refractivity contribution in [2.45, 2.75) is 6.10 Å². The summed E-state index contributed by atoms with van der Waals surface area (Å²) in [5.41, 5.74) is 0. The Kier molecular flexibility index (Phi) is 5.17. The summed E-state index contributed by atoms with van der Waals surface area (Å²) < 4.78 is 10.2. The maximum Gasteiger partial charge on any atom is 0.184 e.